The van der Waals surface area contributed by atoms with Crippen molar-refractivity contribution in [1.82, 2.24) is 9.80 Å². The summed E-state index contributed by atoms with van der Waals surface area (Å²) in [6.07, 6.45) is 3.08. The van der Waals surface area contributed by atoms with Gasteiger partial charge in [-0.25, -0.2) is 0 Å². The van der Waals surface area contributed by atoms with Gasteiger partial charge in [-0.2, -0.15) is 10.5 Å². The maximum atomic E-state index is 8.96. The van der Waals surface area contributed by atoms with E-state index < -0.39 is 0 Å². The quantitative estimate of drug-likeness (QED) is 0.689. The Kier molecular flexibility index (Phi) is 4.75. The molecule has 0 atom stereocenters. The number of allylic oxidation sites excluding steroid dienone is 1. The summed E-state index contributed by atoms with van der Waals surface area (Å²) < 4.78 is 0. The highest BCUT2D eigenvalue weighted by atomic mass is 15.1. The van der Waals surface area contributed by atoms with Crippen molar-refractivity contribution in [2.24, 2.45) is 0 Å². The second-order valence-electron chi connectivity index (χ2n) is 4.41. The highest BCUT2D eigenvalue weighted by molar-refractivity contribution is 5.52. The van der Waals surface area contributed by atoms with E-state index >= 15 is 0 Å². The van der Waals surface area contributed by atoms with Crippen molar-refractivity contribution in [2.75, 3.05) is 33.7 Å². The van der Waals surface area contributed by atoms with Crippen LogP contribution in [0.4, 0.5) is 0 Å². The predicted octanol–water partition coefficient (Wildman–Crippen LogP) is 1.50. The largest absolute Gasteiger partial charge is 0.383 e. The molecule has 1 aliphatic heterocycles. The molecule has 1 saturated heterocycles. The summed E-state index contributed by atoms with van der Waals surface area (Å²) in [7, 11) is 3.90. The third kappa shape index (κ3) is 3.34. The van der Waals surface area contributed by atoms with Crippen LogP contribution in [0, 0.1) is 22.7 Å². The van der Waals surface area contributed by atoms with Gasteiger partial charge in [0.25, 0.3) is 0 Å². The standard InChI is InChI=1S/C13H18N4/c1-4-5-17-9-12(8-16(2)3)13(10-17)11(6-14)7-15/h8H,4-5,9-10H2,1-3H3/b12-8-. The van der Waals surface area contributed by atoms with E-state index in [1.807, 2.05) is 37.3 Å². The second kappa shape index (κ2) is 6.08. The molecule has 0 amide bonds. The molecule has 0 aromatic carbocycles. The lowest BCUT2D eigenvalue weighted by Gasteiger charge is -2.11. The van der Waals surface area contributed by atoms with Crippen LogP contribution in [0.3, 0.4) is 0 Å². The first-order valence-corrected chi connectivity index (χ1v) is 5.75. The van der Waals surface area contributed by atoms with E-state index in [2.05, 4.69) is 11.8 Å². The molecule has 4 nitrogen and oxygen atoms in total. The molecule has 1 rings (SSSR count). The Labute approximate surface area is 103 Å². The molecule has 0 spiro atoms. The molecule has 1 aliphatic rings. The van der Waals surface area contributed by atoms with Crippen molar-refractivity contribution >= 4 is 0 Å². The Morgan fingerprint density at radius 2 is 2.00 bits per heavy atom. The van der Waals surface area contributed by atoms with Gasteiger partial charge in [0.1, 0.15) is 17.7 Å². The van der Waals surface area contributed by atoms with Crippen LogP contribution in [-0.4, -0.2) is 43.5 Å². The van der Waals surface area contributed by atoms with Crippen LogP contribution in [-0.2, 0) is 0 Å². The van der Waals surface area contributed by atoms with Crippen molar-refractivity contribution in [3.05, 3.63) is 22.9 Å². The van der Waals surface area contributed by atoms with Crippen molar-refractivity contribution in [3.63, 3.8) is 0 Å². The molecule has 0 radical (unpaired) electrons. The fraction of sp³-hybridized carbons (Fsp3) is 0.538. The minimum atomic E-state index is 0.247. The summed E-state index contributed by atoms with van der Waals surface area (Å²) in [5, 5.41) is 17.9. The molecule has 0 unspecified atom stereocenters. The summed E-state index contributed by atoms with van der Waals surface area (Å²) in [5.74, 6) is 0. The zero-order valence-electron chi connectivity index (χ0n) is 10.7. The van der Waals surface area contributed by atoms with Crippen LogP contribution in [0.15, 0.2) is 22.9 Å². The highest BCUT2D eigenvalue weighted by Gasteiger charge is 2.24. The van der Waals surface area contributed by atoms with Crippen LogP contribution in [0.25, 0.3) is 0 Å². The first kappa shape index (κ1) is 13.3. The van der Waals surface area contributed by atoms with Gasteiger partial charge in [-0.05, 0) is 18.5 Å². The Morgan fingerprint density at radius 1 is 1.35 bits per heavy atom. The predicted molar refractivity (Wildman–Crippen MR) is 66.8 cm³/mol. The topological polar surface area (TPSA) is 54.1 Å². The van der Waals surface area contributed by atoms with Crippen LogP contribution in [0.2, 0.25) is 0 Å². The monoisotopic (exact) mass is 230 g/mol. The van der Waals surface area contributed by atoms with Gasteiger partial charge in [0.2, 0.25) is 0 Å². The molecule has 0 bridgehead atoms. The van der Waals surface area contributed by atoms with Gasteiger partial charge in [0.15, 0.2) is 0 Å². The molecule has 0 saturated carbocycles. The average molecular weight is 230 g/mol. The summed E-state index contributed by atoms with van der Waals surface area (Å²) in [4.78, 5) is 4.22. The van der Waals surface area contributed by atoms with Crippen molar-refractivity contribution < 1.29 is 0 Å². The van der Waals surface area contributed by atoms with Gasteiger partial charge < -0.3 is 4.90 Å². The van der Waals surface area contributed by atoms with E-state index in [1.54, 1.807) is 0 Å². The lowest BCUT2D eigenvalue weighted by Crippen LogP contribution is -2.20. The number of hydrogen-bond donors (Lipinski definition) is 0. The molecule has 17 heavy (non-hydrogen) atoms. The summed E-state index contributed by atoms with van der Waals surface area (Å²) in [6, 6.07) is 3.98. The number of rotatable bonds is 3. The maximum Gasteiger partial charge on any atom is 0.134 e. The van der Waals surface area contributed by atoms with Crippen molar-refractivity contribution in [1.29, 1.82) is 10.5 Å². The fourth-order valence-electron chi connectivity index (χ4n) is 2.02. The van der Waals surface area contributed by atoms with Crippen molar-refractivity contribution in [3.8, 4) is 12.1 Å². The summed E-state index contributed by atoms with van der Waals surface area (Å²) in [6.45, 7) is 4.67. The second-order valence-corrected chi connectivity index (χ2v) is 4.41. The molecule has 0 aromatic heterocycles. The highest BCUT2D eigenvalue weighted by Crippen LogP contribution is 2.25. The average Bonchev–Trinajstić information content (AvgIpc) is 2.63. The fourth-order valence-corrected chi connectivity index (χ4v) is 2.02. The zero-order chi connectivity index (χ0) is 12.8. The Balaban J connectivity index is 3.06. The van der Waals surface area contributed by atoms with Crippen molar-refractivity contribution in [2.45, 2.75) is 13.3 Å². The smallest absolute Gasteiger partial charge is 0.134 e. The number of nitriles is 2. The first-order valence-electron chi connectivity index (χ1n) is 5.75. The number of likely N-dealkylation sites (tertiary alicyclic amines) is 1. The van der Waals surface area contributed by atoms with Gasteiger partial charge in [0.05, 0.1) is 0 Å². The van der Waals surface area contributed by atoms with Gasteiger partial charge in [-0.1, -0.05) is 6.92 Å². The maximum absolute atomic E-state index is 8.96. The Morgan fingerprint density at radius 3 is 2.47 bits per heavy atom. The molecular weight excluding hydrogens is 212 g/mol. The van der Waals surface area contributed by atoms with Gasteiger partial charge >= 0.3 is 0 Å². The minimum absolute atomic E-state index is 0.247. The molecule has 0 N–H and O–H groups in total. The van der Waals surface area contributed by atoms with E-state index in [1.165, 1.54) is 0 Å². The van der Waals surface area contributed by atoms with Gasteiger partial charge in [-0.3, -0.25) is 4.90 Å². The minimum Gasteiger partial charge on any atom is -0.383 e. The van der Waals surface area contributed by atoms with E-state index in [0.717, 1.165) is 30.7 Å². The van der Waals surface area contributed by atoms with Crippen LogP contribution >= 0.6 is 0 Å². The SMILES string of the molecule is CCCN1CC(=C(C#N)C#N)/C(=C\N(C)C)C1. The zero-order valence-corrected chi connectivity index (χ0v) is 10.7. The summed E-state index contributed by atoms with van der Waals surface area (Å²) >= 11 is 0. The first-order chi connectivity index (χ1) is 8.12. The molecule has 1 fully saturated rings. The van der Waals surface area contributed by atoms with Crippen LogP contribution in [0.1, 0.15) is 13.3 Å². The molecule has 4 heteroatoms. The lowest BCUT2D eigenvalue weighted by molar-refractivity contribution is 0.354. The molecule has 0 aromatic rings. The van der Waals surface area contributed by atoms with E-state index in [0.29, 0.717) is 6.54 Å². The van der Waals surface area contributed by atoms with Crippen LogP contribution < -0.4 is 0 Å². The number of nitrogens with zero attached hydrogens (tertiary/aromatic N) is 4. The van der Waals surface area contributed by atoms with E-state index in [-0.39, 0.29) is 5.57 Å². The normalized spacial score (nSPS) is 17.9. The molecule has 1 heterocycles. The lowest BCUT2D eigenvalue weighted by atomic mass is 10.1. The van der Waals surface area contributed by atoms with E-state index in [4.69, 9.17) is 10.5 Å². The van der Waals surface area contributed by atoms with Gasteiger partial charge in [0, 0.05) is 39.0 Å². The number of hydrogen-bond acceptors (Lipinski definition) is 4. The summed E-state index contributed by atoms with van der Waals surface area (Å²) in [5.41, 5.74) is 2.22. The molecular formula is C13H18N4. The third-order valence-corrected chi connectivity index (χ3v) is 2.64. The Bertz CT molecular complexity index is 402. The van der Waals surface area contributed by atoms with Crippen LogP contribution in [0.5, 0.6) is 0 Å². The van der Waals surface area contributed by atoms with Gasteiger partial charge in [-0.15, -0.1) is 0 Å². The Hall–Kier alpha value is -1.78. The molecule has 90 valence electrons. The third-order valence-electron chi connectivity index (χ3n) is 2.64. The molecule has 0 aliphatic carbocycles. The van der Waals surface area contributed by atoms with E-state index in [9.17, 15) is 0 Å².